The number of hydrogen-bond acceptors (Lipinski definition) is 6. The van der Waals surface area contributed by atoms with Gasteiger partial charge in [0.25, 0.3) is 11.8 Å². The molecule has 1 aliphatic heterocycles. The number of rotatable bonds is 12. The zero-order chi connectivity index (χ0) is 33.5. The standard InChI is InChI=1S/C35H45ClF2N2O5S/c1-4-6-8-11-32(41)29-16-13-26(29)22-40-19-9-18-35(37,38)30-21-28(36)15-12-27(30)23-45-33-17-14-25(20-31(33)40)34(42)39-46(43,44)24(3)10-7-5-2/h5,8,11-12,14-15,17,20-21,24,26,29,32,41H,2,4,6-7,9-10,13,16,18-19,22-23H2,1,3H3,(H,39,42)/b11-8+/t24-,26+,29-,32?/m1/s1. The summed E-state index contributed by atoms with van der Waals surface area (Å²) >= 11 is 6.11. The Morgan fingerprint density at radius 3 is 2.72 bits per heavy atom. The molecular weight excluding hydrogens is 634 g/mol. The monoisotopic (exact) mass is 678 g/mol. The van der Waals surface area contributed by atoms with E-state index < -0.39 is 39.6 Å². The van der Waals surface area contributed by atoms with Crippen molar-refractivity contribution in [1.29, 1.82) is 0 Å². The van der Waals surface area contributed by atoms with Crippen LogP contribution in [0.15, 0.2) is 61.2 Å². The summed E-state index contributed by atoms with van der Waals surface area (Å²) in [5.41, 5.74) is 0.734. The van der Waals surface area contributed by atoms with Gasteiger partial charge in [0, 0.05) is 35.7 Å². The molecule has 1 unspecified atom stereocenters. The number of nitrogens with zero attached hydrogens (tertiary/aromatic N) is 1. The van der Waals surface area contributed by atoms with Crippen LogP contribution in [0.4, 0.5) is 14.5 Å². The van der Waals surface area contributed by atoms with E-state index in [9.17, 15) is 18.3 Å². The molecule has 4 rings (SSSR count). The zero-order valence-electron chi connectivity index (χ0n) is 26.6. The van der Waals surface area contributed by atoms with Crippen molar-refractivity contribution in [2.75, 3.05) is 18.0 Å². The lowest BCUT2D eigenvalue weighted by Crippen LogP contribution is -2.43. The van der Waals surface area contributed by atoms with E-state index in [1.54, 1.807) is 24.3 Å². The van der Waals surface area contributed by atoms with Crippen molar-refractivity contribution in [3.63, 3.8) is 0 Å². The number of benzene rings is 2. The van der Waals surface area contributed by atoms with Crippen molar-refractivity contribution in [2.24, 2.45) is 11.8 Å². The third kappa shape index (κ3) is 8.89. The van der Waals surface area contributed by atoms with Crippen LogP contribution in [0, 0.1) is 11.8 Å². The van der Waals surface area contributed by atoms with Gasteiger partial charge in [0.1, 0.15) is 12.4 Å². The molecule has 2 aromatic carbocycles. The first kappa shape index (κ1) is 35.9. The Bertz CT molecular complexity index is 1520. The predicted octanol–water partition coefficient (Wildman–Crippen LogP) is 7.77. The van der Waals surface area contributed by atoms with Gasteiger partial charge in [0.05, 0.1) is 17.0 Å². The number of unbranched alkanes of at least 4 members (excludes halogenated alkanes) is 1. The van der Waals surface area contributed by atoms with Crippen molar-refractivity contribution in [2.45, 2.75) is 89.1 Å². The smallest absolute Gasteiger partial charge is 0.273 e. The van der Waals surface area contributed by atoms with E-state index in [-0.39, 0.29) is 47.6 Å². The molecule has 0 spiro atoms. The van der Waals surface area contributed by atoms with Gasteiger partial charge < -0.3 is 14.7 Å². The normalized spacial score (nSPS) is 21.1. The molecule has 0 bridgehead atoms. The van der Waals surface area contributed by atoms with Gasteiger partial charge >= 0.3 is 0 Å². The number of allylic oxidation sites excluding steroid dienone is 2. The number of hydrogen-bond donors (Lipinski definition) is 2. The average molecular weight is 679 g/mol. The second kappa shape index (κ2) is 15.8. The van der Waals surface area contributed by atoms with Crippen LogP contribution in [0.5, 0.6) is 5.75 Å². The molecule has 2 aromatic rings. The number of alkyl halides is 2. The molecule has 11 heteroatoms. The number of nitrogens with one attached hydrogen (secondary N) is 1. The number of carbonyl (C=O) groups is 1. The minimum absolute atomic E-state index is 0.0113. The second-order valence-electron chi connectivity index (χ2n) is 12.4. The van der Waals surface area contributed by atoms with Crippen LogP contribution in [0.25, 0.3) is 0 Å². The molecule has 0 saturated heterocycles. The maximum Gasteiger partial charge on any atom is 0.273 e. The van der Waals surface area contributed by atoms with Crippen LogP contribution in [-0.2, 0) is 22.6 Å². The maximum atomic E-state index is 15.6. The van der Waals surface area contributed by atoms with Gasteiger partial charge in [-0.2, -0.15) is 0 Å². The first-order valence-electron chi connectivity index (χ1n) is 16.1. The number of aliphatic hydroxyl groups is 1. The van der Waals surface area contributed by atoms with E-state index in [0.29, 0.717) is 36.4 Å². The van der Waals surface area contributed by atoms with E-state index in [1.807, 2.05) is 17.1 Å². The fourth-order valence-corrected chi connectivity index (χ4v) is 7.23. The highest BCUT2D eigenvalue weighted by molar-refractivity contribution is 7.90. The molecule has 252 valence electrons. The van der Waals surface area contributed by atoms with Gasteiger partial charge in [0.2, 0.25) is 10.0 Å². The van der Waals surface area contributed by atoms with Gasteiger partial charge in [-0.15, -0.1) is 6.58 Å². The summed E-state index contributed by atoms with van der Waals surface area (Å²) in [6, 6.07) is 8.99. The minimum Gasteiger partial charge on any atom is -0.487 e. The summed E-state index contributed by atoms with van der Waals surface area (Å²) in [6.45, 7) is 7.76. The Hall–Kier alpha value is -2.95. The van der Waals surface area contributed by atoms with E-state index in [2.05, 4.69) is 18.2 Å². The molecule has 2 N–H and O–H groups in total. The number of aliphatic hydroxyl groups excluding tert-OH is 1. The summed E-state index contributed by atoms with van der Waals surface area (Å²) in [5.74, 6) is -3.46. The van der Waals surface area contributed by atoms with Crippen LogP contribution >= 0.6 is 11.6 Å². The number of ether oxygens (including phenoxy) is 1. The fourth-order valence-electron chi connectivity index (χ4n) is 6.03. The van der Waals surface area contributed by atoms with Gasteiger partial charge in [-0.1, -0.05) is 49.2 Å². The number of amides is 1. The van der Waals surface area contributed by atoms with Crippen LogP contribution in [-0.4, -0.2) is 43.9 Å². The highest BCUT2D eigenvalue weighted by Gasteiger charge is 2.38. The Morgan fingerprint density at radius 2 is 2.02 bits per heavy atom. The second-order valence-corrected chi connectivity index (χ2v) is 14.9. The van der Waals surface area contributed by atoms with E-state index >= 15 is 8.78 Å². The Kier molecular flexibility index (Phi) is 12.3. The number of sulfonamides is 1. The van der Waals surface area contributed by atoms with E-state index in [1.165, 1.54) is 25.1 Å². The SMILES string of the molecule is C=CCC[C@@H](C)S(=O)(=O)NC(=O)c1ccc2c(c1)N(C[C@@H]1CC[C@H]1C(O)/C=C/CCC)CCCC(F)(F)c1cc(Cl)ccc1CO2. The molecule has 1 fully saturated rings. The summed E-state index contributed by atoms with van der Waals surface area (Å²) in [7, 11) is -3.95. The summed E-state index contributed by atoms with van der Waals surface area (Å²) in [5, 5.41) is 10.3. The van der Waals surface area contributed by atoms with E-state index in [4.69, 9.17) is 16.3 Å². The van der Waals surface area contributed by atoms with Crippen molar-refractivity contribution in [3.05, 3.63) is 82.9 Å². The Balaban J connectivity index is 1.68. The van der Waals surface area contributed by atoms with Crippen LogP contribution in [0.3, 0.4) is 0 Å². The lowest BCUT2D eigenvalue weighted by atomic mass is 9.70. The number of fused-ring (bicyclic) bond motifs is 2. The van der Waals surface area contributed by atoms with Crippen molar-refractivity contribution < 1.29 is 31.8 Å². The van der Waals surface area contributed by atoms with Crippen molar-refractivity contribution in [3.8, 4) is 5.75 Å². The Morgan fingerprint density at radius 1 is 1.24 bits per heavy atom. The molecule has 1 heterocycles. The largest absolute Gasteiger partial charge is 0.487 e. The molecule has 46 heavy (non-hydrogen) atoms. The van der Waals surface area contributed by atoms with Gasteiger partial charge in [0.15, 0.2) is 0 Å². The Labute approximate surface area is 276 Å². The summed E-state index contributed by atoms with van der Waals surface area (Å²) in [4.78, 5) is 15.2. The third-order valence-electron chi connectivity index (χ3n) is 9.03. The van der Waals surface area contributed by atoms with Gasteiger partial charge in [-0.05, 0) is 93.2 Å². The summed E-state index contributed by atoms with van der Waals surface area (Å²) < 4.78 is 65.2. The third-order valence-corrected chi connectivity index (χ3v) is 11.0. The van der Waals surface area contributed by atoms with Gasteiger partial charge in [-0.3, -0.25) is 4.79 Å². The average Bonchev–Trinajstić information content (AvgIpc) is 3.01. The topological polar surface area (TPSA) is 95.9 Å². The quantitative estimate of drug-likeness (QED) is 0.223. The van der Waals surface area contributed by atoms with Crippen LogP contribution in [0.2, 0.25) is 5.02 Å². The molecule has 2 aliphatic rings. The molecular formula is C35H45ClF2N2O5S. The number of anilines is 1. The minimum atomic E-state index is -3.95. The first-order chi connectivity index (χ1) is 21.9. The highest BCUT2D eigenvalue weighted by atomic mass is 35.5. The number of carbonyl (C=O) groups excluding carboxylic acids is 1. The molecule has 0 radical (unpaired) electrons. The van der Waals surface area contributed by atoms with Crippen molar-refractivity contribution >= 4 is 33.2 Å². The van der Waals surface area contributed by atoms with E-state index in [0.717, 1.165) is 25.7 Å². The van der Waals surface area contributed by atoms with Gasteiger partial charge in [-0.25, -0.2) is 21.9 Å². The molecule has 0 aromatic heterocycles. The lowest BCUT2D eigenvalue weighted by molar-refractivity contribution is -0.0163. The molecule has 4 atom stereocenters. The molecule has 7 nitrogen and oxygen atoms in total. The van der Waals surface area contributed by atoms with Crippen LogP contribution in [0.1, 0.15) is 86.7 Å². The van der Waals surface area contributed by atoms with Crippen LogP contribution < -0.4 is 14.4 Å². The lowest BCUT2D eigenvalue weighted by Gasteiger charge is -2.42. The maximum absolute atomic E-state index is 15.6. The fraction of sp³-hybridized carbons (Fsp3) is 0.514. The predicted molar refractivity (Wildman–Crippen MR) is 179 cm³/mol. The molecule has 1 saturated carbocycles. The number of halogens is 3. The highest BCUT2D eigenvalue weighted by Crippen LogP contribution is 2.42. The zero-order valence-corrected chi connectivity index (χ0v) is 28.1. The first-order valence-corrected chi connectivity index (χ1v) is 18.0. The molecule has 1 amide bonds. The van der Waals surface area contributed by atoms with Crippen molar-refractivity contribution in [1.82, 2.24) is 4.72 Å². The summed E-state index contributed by atoms with van der Waals surface area (Å²) in [6.07, 6.45) is 8.90. The molecule has 1 aliphatic carbocycles.